The normalized spacial score (nSPS) is 11.1. The molecule has 0 heterocycles. The van der Waals surface area contributed by atoms with Gasteiger partial charge in [0.2, 0.25) is 0 Å². The number of aryl methyl sites for hydroxylation is 1. The maximum atomic E-state index is 9.45. The molecule has 0 saturated carbocycles. The molecule has 2 nitrogen and oxygen atoms in total. The fourth-order valence-corrected chi connectivity index (χ4v) is 2.92. The first-order valence-electron chi connectivity index (χ1n) is 8.41. The molecule has 0 aliphatic heterocycles. The van der Waals surface area contributed by atoms with Gasteiger partial charge in [0.05, 0.1) is 16.7 Å². The van der Waals surface area contributed by atoms with Crippen LogP contribution < -0.4 is 4.74 Å². The third kappa shape index (κ3) is 5.14. The number of hydrogen-bond acceptors (Lipinski definition) is 2. The molecule has 0 aliphatic rings. The Morgan fingerprint density at radius 3 is 2.33 bits per heavy atom. The van der Waals surface area contributed by atoms with Crippen molar-refractivity contribution < 1.29 is 4.74 Å². The van der Waals surface area contributed by atoms with Crippen molar-refractivity contribution in [3.05, 3.63) is 99.0 Å². The van der Waals surface area contributed by atoms with Gasteiger partial charge < -0.3 is 4.74 Å². The van der Waals surface area contributed by atoms with Crippen LogP contribution in [0.1, 0.15) is 22.3 Å². The third-order valence-corrected chi connectivity index (χ3v) is 4.60. The number of halogens is 2. The maximum absolute atomic E-state index is 9.45. The first-order chi connectivity index (χ1) is 13.0. The lowest BCUT2D eigenvalue weighted by atomic mass is 10.0. The topological polar surface area (TPSA) is 33.0 Å². The Kier molecular flexibility index (Phi) is 6.19. The van der Waals surface area contributed by atoms with Crippen LogP contribution in [0.2, 0.25) is 10.0 Å². The fourth-order valence-electron chi connectivity index (χ4n) is 2.55. The number of allylic oxidation sites excluding steroid dienone is 1. The second-order valence-electron chi connectivity index (χ2n) is 6.14. The summed E-state index contributed by atoms with van der Waals surface area (Å²) in [5.41, 5.74) is 4.46. The SMILES string of the molecule is Cc1ccc(COc2ccc(/C=C(\C#N)c3ccc(Cl)cc3)cc2Cl)cc1. The zero-order valence-corrected chi connectivity index (χ0v) is 16.3. The van der Waals surface area contributed by atoms with Gasteiger partial charge in [0.15, 0.2) is 0 Å². The summed E-state index contributed by atoms with van der Waals surface area (Å²) in [7, 11) is 0. The van der Waals surface area contributed by atoms with Crippen LogP contribution in [0.4, 0.5) is 0 Å². The van der Waals surface area contributed by atoms with Crippen molar-refractivity contribution in [1.29, 1.82) is 5.26 Å². The summed E-state index contributed by atoms with van der Waals surface area (Å²) in [5, 5.41) is 10.6. The van der Waals surface area contributed by atoms with E-state index in [0.717, 1.165) is 16.7 Å². The zero-order valence-electron chi connectivity index (χ0n) is 14.7. The molecule has 0 unspecified atom stereocenters. The number of nitrogens with zero attached hydrogens (tertiary/aromatic N) is 1. The Bertz CT molecular complexity index is 1000. The molecule has 0 bridgehead atoms. The summed E-state index contributed by atoms with van der Waals surface area (Å²) < 4.78 is 5.81. The lowest BCUT2D eigenvalue weighted by molar-refractivity contribution is 0.306. The summed E-state index contributed by atoms with van der Waals surface area (Å²) in [4.78, 5) is 0. The van der Waals surface area contributed by atoms with Gasteiger partial charge in [-0.25, -0.2) is 0 Å². The van der Waals surface area contributed by atoms with Crippen LogP contribution in [0.25, 0.3) is 11.6 Å². The van der Waals surface area contributed by atoms with Crippen LogP contribution in [0.3, 0.4) is 0 Å². The van der Waals surface area contributed by atoms with E-state index in [0.29, 0.717) is 28.0 Å². The number of benzene rings is 3. The molecule has 0 aromatic heterocycles. The monoisotopic (exact) mass is 393 g/mol. The standard InChI is InChI=1S/C23H17Cl2NO/c1-16-2-4-17(5-3-16)15-27-23-11-6-18(13-22(23)25)12-20(14-26)19-7-9-21(24)10-8-19/h2-13H,15H2,1H3/b20-12+. The van der Waals surface area contributed by atoms with Crippen LogP contribution in [0, 0.1) is 18.3 Å². The fraction of sp³-hybridized carbons (Fsp3) is 0.0870. The van der Waals surface area contributed by atoms with Crippen LogP contribution >= 0.6 is 23.2 Å². The quantitative estimate of drug-likeness (QED) is 0.347. The highest BCUT2D eigenvalue weighted by atomic mass is 35.5. The smallest absolute Gasteiger partial charge is 0.138 e. The number of rotatable bonds is 5. The van der Waals surface area contributed by atoms with Crippen molar-refractivity contribution in [2.75, 3.05) is 0 Å². The Hall–Kier alpha value is -2.73. The Morgan fingerprint density at radius 1 is 1.00 bits per heavy atom. The van der Waals surface area contributed by atoms with E-state index in [2.05, 4.69) is 6.07 Å². The highest BCUT2D eigenvalue weighted by Gasteiger charge is 2.06. The van der Waals surface area contributed by atoms with E-state index in [-0.39, 0.29) is 0 Å². The summed E-state index contributed by atoms with van der Waals surface area (Å²) in [6, 6.07) is 23.0. The summed E-state index contributed by atoms with van der Waals surface area (Å²) >= 11 is 12.3. The third-order valence-electron chi connectivity index (χ3n) is 4.06. The Morgan fingerprint density at radius 2 is 1.70 bits per heavy atom. The van der Waals surface area contributed by atoms with Gasteiger partial charge in [-0.15, -0.1) is 0 Å². The minimum atomic E-state index is 0.448. The Balaban J connectivity index is 1.76. The molecule has 0 radical (unpaired) electrons. The molecule has 0 N–H and O–H groups in total. The molecular weight excluding hydrogens is 377 g/mol. The lowest BCUT2D eigenvalue weighted by Crippen LogP contribution is -1.96. The number of nitriles is 1. The van der Waals surface area contributed by atoms with E-state index in [9.17, 15) is 5.26 Å². The van der Waals surface area contributed by atoms with E-state index in [4.69, 9.17) is 27.9 Å². The maximum Gasteiger partial charge on any atom is 0.138 e. The van der Waals surface area contributed by atoms with E-state index in [1.54, 1.807) is 24.3 Å². The molecule has 27 heavy (non-hydrogen) atoms. The van der Waals surface area contributed by atoms with Crippen LogP contribution in [-0.2, 0) is 6.61 Å². The van der Waals surface area contributed by atoms with Gasteiger partial charge in [-0.2, -0.15) is 5.26 Å². The molecule has 0 fully saturated rings. The van der Waals surface area contributed by atoms with Crippen molar-refractivity contribution >= 4 is 34.9 Å². The minimum absolute atomic E-state index is 0.448. The first kappa shape index (κ1) is 19.0. The van der Waals surface area contributed by atoms with Crippen molar-refractivity contribution in [2.45, 2.75) is 13.5 Å². The Labute approximate surface area is 169 Å². The van der Waals surface area contributed by atoms with E-state index in [1.807, 2.05) is 55.5 Å². The molecule has 3 aromatic carbocycles. The summed E-state index contributed by atoms with van der Waals surface area (Å²) in [6.45, 7) is 2.50. The van der Waals surface area contributed by atoms with Crippen molar-refractivity contribution in [3.63, 3.8) is 0 Å². The van der Waals surface area contributed by atoms with Gasteiger partial charge in [-0.1, -0.05) is 71.2 Å². The second kappa shape index (κ2) is 8.77. The minimum Gasteiger partial charge on any atom is -0.487 e. The van der Waals surface area contributed by atoms with Crippen molar-refractivity contribution in [2.24, 2.45) is 0 Å². The van der Waals surface area contributed by atoms with Gasteiger partial charge >= 0.3 is 0 Å². The van der Waals surface area contributed by atoms with Crippen LogP contribution in [0.5, 0.6) is 5.75 Å². The van der Waals surface area contributed by atoms with Crippen LogP contribution in [0.15, 0.2) is 66.7 Å². The van der Waals surface area contributed by atoms with E-state index >= 15 is 0 Å². The van der Waals surface area contributed by atoms with Gasteiger partial charge in [0.1, 0.15) is 12.4 Å². The van der Waals surface area contributed by atoms with Gasteiger partial charge in [0.25, 0.3) is 0 Å². The summed E-state index contributed by atoms with van der Waals surface area (Å²) in [6.07, 6.45) is 1.79. The highest BCUT2D eigenvalue weighted by molar-refractivity contribution is 6.32. The molecule has 0 amide bonds. The second-order valence-corrected chi connectivity index (χ2v) is 6.98. The van der Waals surface area contributed by atoms with E-state index in [1.165, 1.54) is 5.56 Å². The van der Waals surface area contributed by atoms with Gasteiger partial charge in [-0.05, 0) is 54.0 Å². The first-order valence-corrected chi connectivity index (χ1v) is 9.16. The van der Waals surface area contributed by atoms with Gasteiger partial charge in [-0.3, -0.25) is 0 Å². The largest absolute Gasteiger partial charge is 0.487 e. The molecule has 0 saturated heterocycles. The van der Waals surface area contributed by atoms with Crippen molar-refractivity contribution in [1.82, 2.24) is 0 Å². The van der Waals surface area contributed by atoms with Crippen molar-refractivity contribution in [3.8, 4) is 11.8 Å². The molecular formula is C23H17Cl2NO. The predicted molar refractivity (Wildman–Crippen MR) is 112 cm³/mol. The van der Waals surface area contributed by atoms with Crippen LogP contribution in [-0.4, -0.2) is 0 Å². The number of hydrogen-bond donors (Lipinski definition) is 0. The molecule has 3 rings (SSSR count). The van der Waals surface area contributed by atoms with Gasteiger partial charge in [0, 0.05) is 5.02 Å². The number of ether oxygens (including phenoxy) is 1. The predicted octanol–water partition coefficient (Wildman–Crippen LogP) is 6.95. The zero-order chi connectivity index (χ0) is 19.2. The lowest BCUT2D eigenvalue weighted by Gasteiger charge is -2.09. The van der Waals surface area contributed by atoms with E-state index < -0.39 is 0 Å². The average Bonchev–Trinajstić information content (AvgIpc) is 2.67. The molecule has 0 atom stereocenters. The molecule has 3 aromatic rings. The highest BCUT2D eigenvalue weighted by Crippen LogP contribution is 2.28. The average molecular weight is 394 g/mol. The molecule has 0 aliphatic carbocycles. The summed E-state index contributed by atoms with van der Waals surface area (Å²) in [5.74, 6) is 0.611. The molecule has 134 valence electrons. The molecule has 0 spiro atoms. The molecule has 4 heteroatoms.